The van der Waals surface area contributed by atoms with Crippen LogP contribution in [0.5, 0.6) is 0 Å². The van der Waals surface area contributed by atoms with E-state index in [1.54, 1.807) is 24.3 Å². The molecule has 0 aliphatic heterocycles. The van der Waals surface area contributed by atoms with Gasteiger partial charge in [0.05, 0.1) is 11.3 Å². The van der Waals surface area contributed by atoms with Gasteiger partial charge in [0.2, 0.25) is 4.96 Å². The summed E-state index contributed by atoms with van der Waals surface area (Å²) in [5.74, 6) is -0.222. The first-order valence-corrected chi connectivity index (χ1v) is 7.98. The maximum Gasteiger partial charge on any atom is 0.338 e. The highest BCUT2D eigenvalue weighted by Gasteiger charge is 2.13. The minimum Gasteiger partial charge on any atom is -0.456 e. The molecule has 0 unspecified atom stereocenters. The van der Waals surface area contributed by atoms with E-state index in [4.69, 9.17) is 4.74 Å². The first-order valence-electron chi connectivity index (χ1n) is 7.16. The van der Waals surface area contributed by atoms with Crippen molar-refractivity contribution in [3.05, 3.63) is 63.0 Å². The van der Waals surface area contributed by atoms with E-state index in [2.05, 4.69) is 10.1 Å². The summed E-state index contributed by atoms with van der Waals surface area (Å²) in [5.41, 5.74) is 0.604. The van der Waals surface area contributed by atoms with Gasteiger partial charge in [-0.2, -0.15) is 9.61 Å². The normalized spacial score (nSPS) is 11.1. The van der Waals surface area contributed by atoms with Crippen molar-refractivity contribution in [3.63, 3.8) is 0 Å². The fourth-order valence-electron chi connectivity index (χ4n) is 1.98. The van der Waals surface area contributed by atoms with Crippen molar-refractivity contribution in [2.24, 2.45) is 0 Å². The number of aromatic nitrogens is 3. The molecular formula is C16H15N3O3S. The molecule has 3 aromatic rings. The topological polar surface area (TPSA) is 73.6 Å². The van der Waals surface area contributed by atoms with E-state index >= 15 is 0 Å². The first kappa shape index (κ1) is 15.4. The van der Waals surface area contributed by atoms with Gasteiger partial charge in [0.15, 0.2) is 0 Å². The Kier molecular flexibility index (Phi) is 4.20. The zero-order valence-electron chi connectivity index (χ0n) is 12.7. The molecule has 0 radical (unpaired) electrons. The van der Waals surface area contributed by atoms with Crippen LogP contribution in [0.25, 0.3) is 4.96 Å². The highest BCUT2D eigenvalue weighted by molar-refractivity contribution is 7.16. The minimum absolute atomic E-state index is 0.0472. The van der Waals surface area contributed by atoms with E-state index in [0.717, 1.165) is 5.01 Å². The van der Waals surface area contributed by atoms with Crippen molar-refractivity contribution in [2.75, 3.05) is 0 Å². The number of carbonyl (C=O) groups excluding carboxylic acids is 1. The van der Waals surface area contributed by atoms with E-state index in [9.17, 15) is 9.59 Å². The number of esters is 1. The Hall–Kier alpha value is -2.54. The second kappa shape index (κ2) is 6.29. The Morgan fingerprint density at radius 2 is 2.04 bits per heavy atom. The third kappa shape index (κ3) is 3.29. The van der Waals surface area contributed by atoms with Gasteiger partial charge in [-0.1, -0.05) is 43.4 Å². The summed E-state index contributed by atoms with van der Waals surface area (Å²) in [4.78, 5) is 28.8. The van der Waals surface area contributed by atoms with Gasteiger partial charge in [-0.05, 0) is 12.1 Å². The lowest BCUT2D eigenvalue weighted by Gasteiger charge is -2.04. The Bertz CT molecular complexity index is 900. The zero-order valence-corrected chi connectivity index (χ0v) is 13.5. The van der Waals surface area contributed by atoms with Crippen LogP contribution in [0, 0.1) is 0 Å². The lowest BCUT2D eigenvalue weighted by atomic mass is 10.2. The van der Waals surface area contributed by atoms with Crippen LogP contribution in [0.1, 0.15) is 40.8 Å². The van der Waals surface area contributed by atoms with Crippen molar-refractivity contribution in [2.45, 2.75) is 26.4 Å². The summed E-state index contributed by atoms with van der Waals surface area (Å²) in [6.45, 7) is 3.96. The third-order valence-electron chi connectivity index (χ3n) is 3.17. The van der Waals surface area contributed by atoms with Crippen molar-refractivity contribution in [1.29, 1.82) is 0 Å². The van der Waals surface area contributed by atoms with E-state index in [1.807, 2.05) is 19.9 Å². The molecule has 0 saturated carbocycles. The van der Waals surface area contributed by atoms with Gasteiger partial charge >= 0.3 is 5.97 Å². The fourth-order valence-corrected chi connectivity index (χ4v) is 2.90. The Morgan fingerprint density at radius 3 is 2.74 bits per heavy atom. The van der Waals surface area contributed by atoms with Crippen LogP contribution in [0.3, 0.4) is 0 Å². The third-order valence-corrected chi connectivity index (χ3v) is 4.38. The lowest BCUT2D eigenvalue weighted by molar-refractivity contribution is 0.0468. The maximum atomic E-state index is 12.1. The highest BCUT2D eigenvalue weighted by atomic mass is 32.1. The van der Waals surface area contributed by atoms with Crippen LogP contribution in [0.2, 0.25) is 0 Å². The van der Waals surface area contributed by atoms with Crippen LogP contribution in [0.4, 0.5) is 0 Å². The predicted molar refractivity (Wildman–Crippen MR) is 86.8 cm³/mol. The molecule has 6 nitrogen and oxygen atoms in total. The molecule has 0 aliphatic rings. The lowest BCUT2D eigenvalue weighted by Crippen LogP contribution is -2.16. The fraction of sp³-hybridized carbons (Fsp3) is 0.250. The Labute approximate surface area is 136 Å². The summed E-state index contributed by atoms with van der Waals surface area (Å²) in [6.07, 6.45) is 0. The first-order chi connectivity index (χ1) is 11.0. The van der Waals surface area contributed by atoms with Gasteiger partial charge in [0.25, 0.3) is 5.56 Å². The molecule has 0 N–H and O–H groups in total. The molecule has 23 heavy (non-hydrogen) atoms. The van der Waals surface area contributed by atoms with Crippen molar-refractivity contribution < 1.29 is 9.53 Å². The summed E-state index contributed by atoms with van der Waals surface area (Å²) in [6, 6.07) is 10.0. The minimum atomic E-state index is -0.445. The number of benzene rings is 1. The number of ether oxygens (including phenoxy) is 1. The standard InChI is InChI=1S/C16H15N3O3S/c1-10(2)14-18-19-13(20)8-12(17-16(19)23-14)9-22-15(21)11-6-4-3-5-7-11/h3-8,10H,9H2,1-2H3. The molecule has 118 valence electrons. The molecule has 1 aromatic carbocycles. The van der Waals surface area contributed by atoms with Crippen LogP contribution in [0.15, 0.2) is 41.2 Å². The molecule has 0 spiro atoms. The smallest absolute Gasteiger partial charge is 0.338 e. The predicted octanol–water partition coefficient (Wildman–Crippen LogP) is 2.63. The van der Waals surface area contributed by atoms with Gasteiger partial charge in [0.1, 0.15) is 11.6 Å². The number of nitrogens with zero attached hydrogens (tertiary/aromatic N) is 3. The molecule has 7 heteroatoms. The summed E-state index contributed by atoms with van der Waals surface area (Å²) in [5, 5.41) is 5.09. The van der Waals surface area contributed by atoms with E-state index in [1.165, 1.54) is 21.9 Å². The van der Waals surface area contributed by atoms with Crippen LogP contribution >= 0.6 is 11.3 Å². The molecule has 0 atom stereocenters. The molecule has 2 heterocycles. The van der Waals surface area contributed by atoms with Crippen LogP contribution < -0.4 is 5.56 Å². The number of hydrogen-bond acceptors (Lipinski definition) is 6. The van der Waals surface area contributed by atoms with Crippen LogP contribution in [-0.2, 0) is 11.3 Å². The number of hydrogen-bond donors (Lipinski definition) is 0. The molecular weight excluding hydrogens is 314 g/mol. The molecule has 0 amide bonds. The summed E-state index contributed by atoms with van der Waals surface area (Å²) < 4.78 is 6.49. The second-order valence-electron chi connectivity index (χ2n) is 5.32. The van der Waals surface area contributed by atoms with Gasteiger partial charge in [0, 0.05) is 12.0 Å². The van der Waals surface area contributed by atoms with Gasteiger partial charge in [-0.15, -0.1) is 0 Å². The molecule has 0 aliphatic carbocycles. The largest absolute Gasteiger partial charge is 0.456 e. The van der Waals surface area contributed by atoms with E-state index < -0.39 is 5.97 Å². The molecule has 0 bridgehead atoms. The number of carbonyl (C=O) groups is 1. The SMILES string of the molecule is CC(C)c1nn2c(=O)cc(COC(=O)c3ccccc3)nc2s1. The zero-order chi connectivity index (χ0) is 16.4. The van der Waals surface area contributed by atoms with Gasteiger partial charge in [-0.25, -0.2) is 9.78 Å². The maximum absolute atomic E-state index is 12.1. The molecule has 0 fully saturated rings. The highest BCUT2D eigenvalue weighted by Crippen LogP contribution is 2.19. The van der Waals surface area contributed by atoms with Gasteiger partial charge < -0.3 is 4.74 Å². The summed E-state index contributed by atoms with van der Waals surface area (Å²) >= 11 is 1.36. The van der Waals surface area contributed by atoms with E-state index in [-0.39, 0.29) is 18.1 Å². The van der Waals surface area contributed by atoms with E-state index in [0.29, 0.717) is 16.2 Å². The van der Waals surface area contributed by atoms with Crippen molar-refractivity contribution >= 4 is 22.3 Å². The molecule has 3 rings (SSSR count). The van der Waals surface area contributed by atoms with Crippen molar-refractivity contribution in [1.82, 2.24) is 14.6 Å². The second-order valence-corrected chi connectivity index (χ2v) is 6.30. The summed E-state index contributed by atoms with van der Waals surface area (Å²) in [7, 11) is 0. The number of rotatable bonds is 4. The quantitative estimate of drug-likeness (QED) is 0.688. The average molecular weight is 329 g/mol. The molecule has 2 aromatic heterocycles. The number of fused-ring (bicyclic) bond motifs is 1. The molecule has 0 saturated heterocycles. The van der Waals surface area contributed by atoms with Crippen LogP contribution in [-0.4, -0.2) is 20.6 Å². The van der Waals surface area contributed by atoms with Crippen molar-refractivity contribution in [3.8, 4) is 0 Å². The van der Waals surface area contributed by atoms with Gasteiger partial charge in [-0.3, -0.25) is 4.79 Å². The Morgan fingerprint density at radius 1 is 1.30 bits per heavy atom. The monoisotopic (exact) mass is 329 g/mol. The average Bonchev–Trinajstić information content (AvgIpc) is 2.98. The Balaban J connectivity index is 1.81.